The lowest BCUT2D eigenvalue weighted by Gasteiger charge is -2.42. The second kappa shape index (κ2) is 8.14. The van der Waals surface area contributed by atoms with Gasteiger partial charge < -0.3 is 20.1 Å². The van der Waals surface area contributed by atoms with Crippen LogP contribution in [0.1, 0.15) is 25.5 Å². The predicted molar refractivity (Wildman–Crippen MR) is 122 cm³/mol. The van der Waals surface area contributed by atoms with Gasteiger partial charge in [-0.3, -0.25) is 4.40 Å². The van der Waals surface area contributed by atoms with Gasteiger partial charge in [-0.2, -0.15) is 0 Å². The molecule has 0 unspecified atom stereocenters. The molecule has 2 N–H and O–H groups in total. The van der Waals surface area contributed by atoms with Crippen molar-refractivity contribution < 1.29 is 19.0 Å². The molecule has 0 radical (unpaired) electrons. The van der Waals surface area contributed by atoms with Gasteiger partial charge in [0, 0.05) is 24.1 Å². The Balaban J connectivity index is 1.47. The summed E-state index contributed by atoms with van der Waals surface area (Å²) < 4.78 is 22.5. The first-order valence-electron chi connectivity index (χ1n) is 10.9. The highest BCUT2D eigenvalue weighted by Crippen LogP contribution is 2.43. The molecule has 1 spiro atoms. The molecule has 174 valence electrons. The third-order valence-corrected chi connectivity index (χ3v) is 7.32. The van der Waals surface area contributed by atoms with Crippen molar-refractivity contribution in [1.29, 1.82) is 0 Å². The molecule has 4 heterocycles. The summed E-state index contributed by atoms with van der Waals surface area (Å²) in [7, 11) is 0. The van der Waals surface area contributed by atoms with Crippen LogP contribution in [0, 0.1) is 18.2 Å². The second-order valence-electron chi connectivity index (χ2n) is 8.91. The van der Waals surface area contributed by atoms with E-state index in [0.29, 0.717) is 36.6 Å². The third kappa shape index (κ3) is 3.59. The van der Waals surface area contributed by atoms with Crippen LogP contribution in [0.2, 0.25) is 5.02 Å². The zero-order chi connectivity index (χ0) is 23.3. The van der Waals surface area contributed by atoms with Gasteiger partial charge in [0.25, 0.3) is 0 Å². The highest BCUT2D eigenvalue weighted by atomic mass is 35.5. The van der Waals surface area contributed by atoms with Crippen molar-refractivity contribution in [2.45, 2.75) is 38.8 Å². The van der Waals surface area contributed by atoms with E-state index in [1.807, 2.05) is 18.2 Å². The molecule has 2 aliphatic heterocycles. The molecule has 0 saturated carbocycles. The van der Waals surface area contributed by atoms with Gasteiger partial charge in [-0.05, 0) is 38.8 Å². The van der Waals surface area contributed by atoms with Crippen LogP contribution in [0.3, 0.4) is 0 Å². The van der Waals surface area contributed by atoms with Crippen molar-refractivity contribution in [2.75, 3.05) is 24.6 Å². The molecule has 2 aliphatic rings. The predicted octanol–water partition coefficient (Wildman–Crippen LogP) is 4.14. The van der Waals surface area contributed by atoms with Gasteiger partial charge in [0.05, 0.1) is 47.7 Å². The fraction of sp³-hybridized carbons (Fsp3) is 0.435. The monoisotopic (exact) mass is 473 g/mol. The van der Waals surface area contributed by atoms with Gasteiger partial charge in [0.1, 0.15) is 5.52 Å². The molecule has 8 nitrogen and oxygen atoms in total. The topological polar surface area (TPSA) is 92.0 Å². The van der Waals surface area contributed by atoms with Gasteiger partial charge in [-0.15, -0.1) is 0 Å². The first kappa shape index (κ1) is 21.9. The lowest BCUT2D eigenvalue weighted by Crippen LogP contribution is -2.54. The van der Waals surface area contributed by atoms with Crippen molar-refractivity contribution in [3.8, 4) is 11.3 Å². The van der Waals surface area contributed by atoms with E-state index in [1.54, 1.807) is 24.7 Å². The minimum atomic E-state index is -1.03. The zero-order valence-electron chi connectivity index (χ0n) is 18.4. The van der Waals surface area contributed by atoms with Crippen LogP contribution in [0.4, 0.5) is 15.0 Å². The number of imidazole rings is 1. The number of hydrogen-bond donors (Lipinski definition) is 2. The van der Waals surface area contributed by atoms with Gasteiger partial charge in [0.2, 0.25) is 0 Å². The summed E-state index contributed by atoms with van der Waals surface area (Å²) in [5.41, 5.74) is 2.20. The van der Waals surface area contributed by atoms with Gasteiger partial charge in [-0.25, -0.2) is 19.2 Å². The molecule has 2 aromatic heterocycles. The molecule has 2 atom stereocenters. The molecule has 10 heteroatoms. The molecular formula is C23H25ClFN5O3. The standard InChI is InChI=1S/C23H25ClFN5O3/c1-13-19(15-4-3-5-16(24)18(15)25)30-12-26-10-17(30)21(27-13)29-8-6-23(7-9-29)11-33-14(2)20(23)28-22(31)32/h3-5,10,12,14,20,28H,6-9,11H2,1-2H3,(H,31,32)/t14-,20+/m0/s1. The average Bonchev–Trinajstić information content (AvgIpc) is 3.37. The number of rotatable bonds is 3. The molecule has 1 aromatic carbocycles. The molecule has 2 fully saturated rings. The number of benzene rings is 1. The molecule has 1 amide bonds. The number of nitrogens with one attached hydrogen (secondary N) is 1. The number of hydrogen-bond acceptors (Lipinski definition) is 5. The summed E-state index contributed by atoms with van der Waals surface area (Å²) in [4.78, 5) is 22.7. The van der Waals surface area contributed by atoms with Crippen LogP contribution in [-0.2, 0) is 4.74 Å². The number of aromatic nitrogens is 3. The summed E-state index contributed by atoms with van der Waals surface area (Å²) in [6.45, 7) is 5.70. The van der Waals surface area contributed by atoms with Crippen molar-refractivity contribution in [3.05, 3.63) is 47.3 Å². The highest BCUT2D eigenvalue weighted by Gasteiger charge is 2.50. The minimum absolute atomic E-state index is 0.0584. The summed E-state index contributed by atoms with van der Waals surface area (Å²) in [5.74, 6) is 0.291. The van der Waals surface area contributed by atoms with E-state index in [1.165, 1.54) is 6.07 Å². The lowest BCUT2D eigenvalue weighted by molar-refractivity contribution is 0.0971. The van der Waals surface area contributed by atoms with Crippen LogP contribution in [-0.4, -0.2) is 57.4 Å². The molecule has 0 aliphatic carbocycles. The van der Waals surface area contributed by atoms with Crippen molar-refractivity contribution >= 4 is 29.0 Å². The third-order valence-electron chi connectivity index (χ3n) is 7.03. The molecular weight excluding hydrogens is 449 g/mol. The first-order chi connectivity index (χ1) is 15.8. The smallest absolute Gasteiger partial charge is 0.404 e. The van der Waals surface area contributed by atoms with Crippen LogP contribution in [0.15, 0.2) is 30.7 Å². The molecule has 0 bridgehead atoms. The molecule has 3 aromatic rings. The van der Waals surface area contributed by atoms with Crippen LogP contribution in [0.25, 0.3) is 16.8 Å². The normalized spacial score (nSPS) is 22.2. The van der Waals surface area contributed by atoms with Crippen LogP contribution >= 0.6 is 11.6 Å². The van der Waals surface area contributed by atoms with E-state index in [-0.39, 0.29) is 22.6 Å². The SMILES string of the molecule is Cc1nc(N2CCC3(CC2)CO[C@@H](C)[C@H]3NC(=O)O)c2cncn2c1-c1cccc(Cl)c1F. The Bertz CT molecular complexity index is 1220. The Hall–Kier alpha value is -2.91. The number of nitrogens with zero attached hydrogens (tertiary/aromatic N) is 4. The Kier molecular flexibility index (Phi) is 5.41. The fourth-order valence-corrected chi connectivity index (χ4v) is 5.50. The summed E-state index contributed by atoms with van der Waals surface area (Å²) in [5, 5.41) is 12.0. The van der Waals surface area contributed by atoms with Crippen molar-refractivity contribution in [1.82, 2.24) is 19.7 Å². The maximum atomic E-state index is 14.8. The maximum absolute atomic E-state index is 14.8. The van der Waals surface area contributed by atoms with E-state index < -0.39 is 11.9 Å². The quantitative estimate of drug-likeness (QED) is 0.594. The van der Waals surface area contributed by atoms with Crippen molar-refractivity contribution in [2.24, 2.45) is 5.41 Å². The Morgan fingerprint density at radius 3 is 2.85 bits per heavy atom. The zero-order valence-corrected chi connectivity index (χ0v) is 19.1. The Labute approximate surface area is 195 Å². The number of ether oxygens (including phenoxy) is 1. The number of aryl methyl sites for hydroxylation is 1. The molecule has 33 heavy (non-hydrogen) atoms. The van der Waals surface area contributed by atoms with Crippen molar-refractivity contribution in [3.63, 3.8) is 0 Å². The van der Waals surface area contributed by atoms with E-state index in [4.69, 9.17) is 21.3 Å². The first-order valence-corrected chi connectivity index (χ1v) is 11.3. The number of anilines is 1. The lowest BCUT2D eigenvalue weighted by atomic mass is 9.73. The largest absolute Gasteiger partial charge is 0.465 e. The number of halogens is 2. The highest BCUT2D eigenvalue weighted by molar-refractivity contribution is 6.31. The average molecular weight is 474 g/mol. The van der Waals surface area contributed by atoms with E-state index in [0.717, 1.165) is 24.2 Å². The summed E-state index contributed by atoms with van der Waals surface area (Å²) in [6.07, 6.45) is 3.74. The van der Waals surface area contributed by atoms with Crippen LogP contribution < -0.4 is 10.2 Å². The Morgan fingerprint density at radius 1 is 1.36 bits per heavy atom. The number of carbonyl (C=O) groups is 1. The van der Waals surface area contributed by atoms with E-state index in [2.05, 4.69) is 15.2 Å². The Morgan fingerprint density at radius 2 is 2.12 bits per heavy atom. The molecule has 5 rings (SSSR count). The maximum Gasteiger partial charge on any atom is 0.404 e. The fourth-order valence-electron chi connectivity index (χ4n) is 5.33. The number of fused-ring (bicyclic) bond motifs is 1. The van der Waals surface area contributed by atoms with Crippen LogP contribution in [0.5, 0.6) is 0 Å². The molecule has 2 saturated heterocycles. The summed E-state index contributed by atoms with van der Waals surface area (Å²) in [6, 6.07) is 4.68. The van der Waals surface area contributed by atoms with Gasteiger partial charge in [0.15, 0.2) is 11.6 Å². The summed E-state index contributed by atoms with van der Waals surface area (Å²) >= 11 is 6.03. The minimum Gasteiger partial charge on any atom is -0.465 e. The van der Waals surface area contributed by atoms with E-state index in [9.17, 15) is 14.3 Å². The number of carboxylic acid groups (broad SMARTS) is 1. The number of amides is 1. The number of piperidine rings is 1. The second-order valence-corrected chi connectivity index (χ2v) is 9.32. The van der Waals surface area contributed by atoms with Gasteiger partial charge in [-0.1, -0.05) is 17.7 Å². The van der Waals surface area contributed by atoms with Gasteiger partial charge >= 0.3 is 6.09 Å². The van der Waals surface area contributed by atoms with E-state index >= 15 is 0 Å².